The minimum atomic E-state index is -4.00. The molecular weight excluding hydrogens is 453 g/mol. The van der Waals surface area contributed by atoms with Crippen molar-refractivity contribution in [1.29, 1.82) is 0 Å². The largest absolute Gasteiger partial charge is 0.304 e. The van der Waals surface area contributed by atoms with Gasteiger partial charge in [-0.05, 0) is 36.4 Å². The van der Waals surface area contributed by atoms with Crippen molar-refractivity contribution in [2.45, 2.75) is 0 Å². The van der Waals surface area contributed by atoms with Crippen molar-refractivity contribution in [3.63, 3.8) is 0 Å². The summed E-state index contributed by atoms with van der Waals surface area (Å²) >= 11 is 7.01. The highest BCUT2D eigenvalue weighted by Gasteiger charge is 2.27. The molecular formula is C18H17ClFN5O3S2. The average molecular weight is 470 g/mol. The number of carbonyl (C=O) groups is 1. The fourth-order valence-electron chi connectivity index (χ4n) is 2.38. The quantitative estimate of drug-likeness (QED) is 0.573. The van der Waals surface area contributed by atoms with Gasteiger partial charge >= 0.3 is 10.2 Å². The van der Waals surface area contributed by atoms with Gasteiger partial charge in [0.25, 0.3) is 0 Å². The normalized spacial score (nSPS) is 11.5. The fraction of sp³-hybridized carbons (Fsp3) is 0.167. The molecule has 0 radical (unpaired) electrons. The maximum absolute atomic E-state index is 13.2. The summed E-state index contributed by atoms with van der Waals surface area (Å²) in [4.78, 5) is 12.5. The van der Waals surface area contributed by atoms with Gasteiger partial charge in [-0.3, -0.25) is 10.1 Å². The Morgan fingerprint density at radius 1 is 1.10 bits per heavy atom. The van der Waals surface area contributed by atoms with E-state index < -0.39 is 28.5 Å². The Morgan fingerprint density at radius 2 is 1.73 bits per heavy atom. The van der Waals surface area contributed by atoms with Crippen LogP contribution in [0.4, 0.5) is 15.2 Å². The summed E-state index contributed by atoms with van der Waals surface area (Å²) in [5.74, 6) is -1.14. The predicted octanol–water partition coefficient (Wildman–Crippen LogP) is 3.25. The topological polar surface area (TPSA) is 95.5 Å². The summed E-state index contributed by atoms with van der Waals surface area (Å²) in [6.07, 6.45) is 0. The van der Waals surface area contributed by atoms with E-state index in [4.69, 9.17) is 11.6 Å². The van der Waals surface area contributed by atoms with E-state index in [2.05, 4.69) is 15.5 Å². The van der Waals surface area contributed by atoms with Gasteiger partial charge in [0.05, 0.1) is 5.69 Å². The van der Waals surface area contributed by atoms with Gasteiger partial charge in [0.1, 0.15) is 17.4 Å². The second-order valence-electron chi connectivity index (χ2n) is 6.24. The van der Waals surface area contributed by atoms with E-state index in [0.717, 1.165) is 37.6 Å². The van der Waals surface area contributed by atoms with Crippen LogP contribution < -0.4 is 9.62 Å². The van der Waals surface area contributed by atoms with Crippen LogP contribution >= 0.6 is 22.9 Å². The number of rotatable bonds is 7. The molecule has 0 aliphatic heterocycles. The first-order valence-electron chi connectivity index (χ1n) is 8.52. The van der Waals surface area contributed by atoms with Gasteiger partial charge in [-0.2, -0.15) is 12.7 Å². The standard InChI is InChI=1S/C18H17ClFN5O3S2/c1-24(2)30(27,28)25(15-9-7-14(20)8-10-15)11-16(26)21-18-23-22-17(29-18)12-3-5-13(19)6-4-12/h3-10H,11H2,1-2H3,(H,21,23,26). The van der Waals surface area contributed by atoms with Gasteiger partial charge < -0.3 is 0 Å². The number of benzene rings is 2. The number of anilines is 2. The van der Waals surface area contributed by atoms with E-state index in [1.54, 1.807) is 24.3 Å². The third-order valence-electron chi connectivity index (χ3n) is 3.90. The highest BCUT2D eigenvalue weighted by molar-refractivity contribution is 7.90. The molecule has 0 unspecified atom stereocenters. The number of hydrogen-bond acceptors (Lipinski definition) is 6. The van der Waals surface area contributed by atoms with Crippen LogP contribution in [0.1, 0.15) is 0 Å². The molecule has 1 amide bonds. The van der Waals surface area contributed by atoms with Crippen LogP contribution in [0.25, 0.3) is 10.6 Å². The molecule has 1 N–H and O–H groups in total. The van der Waals surface area contributed by atoms with Crippen LogP contribution in [0.2, 0.25) is 5.02 Å². The molecule has 2 aromatic carbocycles. The summed E-state index contributed by atoms with van der Waals surface area (Å²) < 4.78 is 40.4. The van der Waals surface area contributed by atoms with Crippen molar-refractivity contribution in [2.24, 2.45) is 0 Å². The summed E-state index contributed by atoms with van der Waals surface area (Å²) in [5, 5.41) is 11.9. The molecule has 0 aliphatic rings. The lowest BCUT2D eigenvalue weighted by molar-refractivity contribution is -0.114. The molecule has 3 aromatic rings. The molecule has 0 aliphatic carbocycles. The van der Waals surface area contributed by atoms with Crippen LogP contribution in [-0.2, 0) is 15.0 Å². The molecule has 12 heteroatoms. The molecule has 0 bridgehead atoms. The lowest BCUT2D eigenvalue weighted by atomic mass is 10.2. The zero-order valence-electron chi connectivity index (χ0n) is 15.9. The van der Waals surface area contributed by atoms with E-state index >= 15 is 0 Å². The second-order valence-corrected chi connectivity index (χ2v) is 9.72. The number of hydrogen-bond donors (Lipinski definition) is 1. The zero-order chi connectivity index (χ0) is 21.9. The molecule has 0 fully saturated rings. The number of aromatic nitrogens is 2. The van der Waals surface area contributed by atoms with Crippen molar-refractivity contribution in [1.82, 2.24) is 14.5 Å². The molecule has 0 spiro atoms. The van der Waals surface area contributed by atoms with Gasteiger partial charge in [0, 0.05) is 24.7 Å². The maximum Gasteiger partial charge on any atom is 0.304 e. The Labute approximate surface area is 182 Å². The number of nitrogens with one attached hydrogen (secondary N) is 1. The molecule has 0 atom stereocenters. The molecule has 158 valence electrons. The molecule has 1 heterocycles. The number of carbonyl (C=O) groups excluding carboxylic acids is 1. The molecule has 1 aromatic heterocycles. The van der Waals surface area contributed by atoms with Crippen molar-refractivity contribution in [3.8, 4) is 10.6 Å². The smallest absolute Gasteiger partial charge is 0.299 e. The van der Waals surface area contributed by atoms with Crippen LogP contribution in [0.15, 0.2) is 48.5 Å². The first-order valence-corrected chi connectivity index (χ1v) is 11.1. The third-order valence-corrected chi connectivity index (χ3v) is 6.86. The van der Waals surface area contributed by atoms with E-state index in [1.165, 1.54) is 26.2 Å². The highest BCUT2D eigenvalue weighted by Crippen LogP contribution is 2.27. The Hall–Kier alpha value is -2.60. The Kier molecular flexibility index (Phi) is 6.66. The van der Waals surface area contributed by atoms with Crippen molar-refractivity contribution in [3.05, 3.63) is 59.4 Å². The maximum atomic E-state index is 13.2. The SMILES string of the molecule is CN(C)S(=O)(=O)N(CC(=O)Nc1nnc(-c2ccc(Cl)cc2)s1)c1ccc(F)cc1. The molecule has 30 heavy (non-hydrogen) atoms. The first-order chi connectivity index (χ1) is 14.2. The van der Waals surface area contributed by atoms with Crippen LogP contribution in [0.3, 0.4) is 0 Å². The van der Waals surface area contributed by atoms with Gasteiger partial charge in [0.2, 0.25) is 11.0 Å². The first kappa shape index (κ1) is 22.1. The average Bonchev–Trinajstić information content (AvgIpc) is 3.15. The monoisotopic (exact) mass is 469 g/mol. The molecule has 0 saturated heterocycles. The highest BCUT2D eigenvalue weighted by atomic mass is 35.5. The Bertz CT molecular complexity index is 1140. The molecule has 0 saturated carbocycles. The van der Waals surface area contributed by atoms with Crippen LogP contribution in [-0.4, -0.2) is 49.5 Å². The predicted molar refractivity (Wildman–Crippen MR) is 115 cm³/mol. The number of nitrogens with zero attached hydrogens (tertiary/aromatic N) is 4. The minimum absolute atomic E-state index is 0.152. The Morgan fingerprint density at radius 3 is 2.33 bits per heavy atom. The van der Waals surface area contributed by atoms with Gasteiger partial charge in [-0.15, -0.1) is 10.2 Å². The van der Waals surface area contributed by atoms with E-state index in [-0.39, 0.29) is 10.8 Å². The summed E-state index contributed by atoms with van der Waals surface area (Å²) in [6, 6.07) is 11.8. The van der Waals surface area contributed by atoms with E-state index in [1.807, 2.05) is 0 Å². The summed E-state index contributed by atoms with van der Waals surface area (Å²) in [7, 11) is -1.32. The molecule has 3 rings (SSSR count). The Balaban J connectivity index is 1.78. The summed E-state index contributed by atoms with van der Waals surface area (Å²) in [6.45, 7) is -0.526. The lowest BCUT2D eigenvalue weighted by Gasteiger charge is -2.26. The van der Waals surface area contributed by atoms with Gasteiger partial charge in [-0.25, -0.2) is 8.70 Å². The van der Waals surface area contributed by atoms with Crippen molar-refractivity contribution < 1.29 is 17.6 Å². The zero-order valence-corrected chi connectivity index (χ0v) is 18.3. The van der Waals surface area contributed by atoms with Crippen LogP contribution in [0.5, 0.6) is 0 Å². The third kappa shape index (κ3) is 5.11. The summed E-state index contributed by atoms with van der Waals surface area (Å²) in [5.41, 5.74) is 0.930. The number of amides is 1. The van der Waals surface area contributed by atoms with Crippen LogP contribution in [0, 0.1) is 5.82 Å². The van der Waals surface area contributed by atoms with E-state index in [9.17, 15) is 17.6 Å². The lowest BCUT2D eigenvalue weighted by Crippen LogP contribution is -2.44. The van der Waals surface area contributed by atoms with Gasteiger partial charge in [0.15, 0.2) is 0 Å². The fourth-order valence-corrected chi connectivity index (χ4v) is 4.34. The van der Waals surface area contributed by atoms with Crippen molar-refractivity contribution >= 4 is 49.9 Å². The van der Waals surface area contributed by atoms with E-state index in [0.29, 0.717) is 10.0 Å². The second kappa shape index (κ2) is 9.04. The molecule has 8 nitrogen and oxygen atoms in total. The van der Waals surface area contributed by atoms with Crippen molar-refractivity contribution in [2.75, 3.05) is 30.3 Å². The number of halogens is 2. The minimum Gasteiger partial charge on any atom is -0.299 e. The van der Waals surface area contributed by atoms with Gasteiger partial charge in [-0.1, -0.05) is 35.1 Å².